The Hall–Kier alpha value is -2.41. The van der Waals surface area contributed by atoms with Crippen molar-refractivity contribution >= 4 is 52.6 Å². The number of benzene rings is 1. The summed E-state index contributed by atoms with van der Waals surface area (Å²) < 4.78 is 0.733. The summed E-state index contributed by atoms with van der Waals surface area (Å²) in [6.45, 7) is 1.84. The van der Waals surface area contributed by atoms with Crippen LogP contribution in [-0.4, -0.2) is 66.0 Å². The van der Waals surface area contributed by atoms with E-state index in [1.807, 2.05) is 6.92 Å². The third-order valence-electron chi connectivity index (χ3n) is 4.79. The van der Waals surface area contributed by atoms with E-state index in [9.17, 15) is 24.6 Å². The number of aliphatic carboxylic acids is 1. The molecule has 1 saturated heterocycles. The number of aromatic nitrogens is 2. The van der Waals surface area contributed by atoms with Crippen LogP contribution in [0.1, 0.15) is 16.7 Å². The van der Waals surface area contributed by atoms with E-state index in [4.69, 9.17) is 0 Å². The third-order valence-corrected chi connectivity index (χ3v) is 8.19. The zero-order chi connectivity index (χ0) is 22.1. The minimum atomic E-state index is -1.41. The Bertz CT molecular complexity index is 1060. The number of aliphatic hydroxyl groups excluding tert-OH is 1. The molecule has 0 aliphatic carbocycles. The van der Waals surface area contributed by atoms with Crippen molar-refractivity contribution in [2.45, 2.75) is 28.8 Å². The lowest BCUT2D eigenvalue weighted by molar-refractivity contribution is -0.151. The predicted molar refractivity (Wildman–Crippen MR) is 116 cm³/mol. The number of hydrogen-bond donors (Lipinski definition) is 3. The molecule has 2 aromatic rings. The number of carbonyl (C=O) groups excluding carboxylic acids is 2. The molecule has 3 N–H and O–H groups in total. The molecule has 1 aromatic heterocycles. The number of β-lactam (4-membered cyclic amide) rings is 1. The van der Waals surface area contributed by atoms with Crippen LogP contribution in [0.15, 0.2) is 45.9 Å². The number of fused-ring (bicyclic) bond motifs is 1. The molecule has 4 rings (SSSR count). The van der Waals surface area contributed by atoms with Gasteiger partial charge < -0.3 is 15.5 Å². The smallest absolute Gasteiger partial charge is 0.352 e. The summed E-state index contributed by atoms with van der Waals surface area (Å²) in [7, 11) is 0. The predicted octanol–water partition coefficient (Wildman–Crippen LogP) is 1.41. The fourth-order valence-corrected chi connectivity index (χ4v) is 6.60. The van der Waals surface area contributed by atoms with Gasteiger partial charge in [-0.1, -0.05) is 53.4 Å². The number of thioether (sulfide) groups is 2. The van der Waals surface area contributed by atoms with Gasteiger partial charge in [-0.25, -0.2) is 4.79 Å². The molecule has 3 atom stereocenters. The summed E-state index contributed by atoms with van der Waals surface area (Å²) in [6.07, 6.45) is -1.41. The number of aryl methyl sites for hydroxylation is 1. The van der Waals surface area contributed by atoms with Gasteiger partial charge in [0.1, 0.15) is 22.1 Å². The molecule has 1 aromatic carbocycles. The average Bonchev–Trinajstić information content (AvgIpc) is 3.20. The van der Waals surface area contributed by atoms with E-state index in [0.29, 0.717) is 22.6 Å². The SMILES string of the molecule is Cc1nnc(SCC2=C(C(=O)O)N3C(=O)C(NC(=O)C(O)c4ccccc4)[C@H]3SC2)s1. The first-order valence-corrected chi connectivity index (χ1v) is 12.1. The number of carboxylic acid groups (broad SMARTS) is 1. The van der Waals surface area contributed by atoms with Gasteiger partial charge in [0.05, 0.1) is 0 Å². The van der Waals surface area contributed by atoms with E-state index in [-0.39, 0.29) is 5.70 Å². The Balaban J connectivity index is 1.45. The van der Waals surface area contributed by atoms with Crippen molar-refractivity contribution in [3.8, 4) is 0 Å². The minimum absolute atomic E-state index is 0.0448. The van der Waals surface area contributed by atoms with Crippen LogP contribution in [0.2, 0.25) is 0 Å². The first-order chi connectivity index (χ1) is 14.9. The Kier molecular flexibility index (Phi) is 6.32. The van der Waals surface area contributed by atoms with Crippen LogP contribution in [0.4, 0.5) is 0 Å². The van der Waals surface area contributed by atoms with Gasteiger partial charge in [0.2, 0.25) is 0 Å². The molecule has 2 aliphatic heterocycles. The molecule has 31 heavy (non-hydrogen) atoms. The molecule has 0 radical (unpaired) electrons. The summed E-state index contributed by atoms with van der Waals surface area (Å²) in [5.41, 5.74) is 0.989. The Morgan fingerprint density at radius 2 is 2.06 bits per heavy atom. The van der Waals surface area contributed by atoms with Crippen molar-refractivity contribution in [2.24, 2.45) is 0 Å². The van der Waals surface area contributed by atoms with E-state index in [1.165, 1.54) is 39.8 Å². The van der Waals surface area contributed by atoms with Crippen LogP contribution >= 0.6 is 34.9 Å². The quantitative estimate of drug-likeness (QED) is 0.399. The van der Waals surface area contributed by atoms with Crippen LogP contribution in [0.25, 0.3) is 0 Å². The topological polar surface area (TPSA) is 133 Å². The lowest BCUT2D eigenvalue weighted by atomic mass is 10.0. The van der Waals surface area contributed by atoms with Crippen molar-refractivity contribution in [3.05, 3.63) is 52.2 Å². The highest BCUT2D eigenvalue weighted by atomic mass is 32.2. The molecule has 9 nitrogen and oxygen atoms in total. The van der Waals surface area contributed by atoms with Gasteiger partial charge in [-0.2, -0.15) is 0 Å². The van der Waals surface area contributed by atoms with Gasteiger partial charge in [-0.3, -0.25) is 14.5 Å². The molecule has 2 aliphatic rings. The second kappa shape index (κ2) is 8.99. The first kappa shape index (κ1) is 21.8. The monoisotopic (exact) mass is 478 g/mol. The number of amides is 2. The molecular formula is C19H18N4O5S3. The normalized spacial score (nSPS) is 21.4. The summed E-state index contributed by atoms with van der Waals surface area (Å²) in [5.74, 6) is -1.59. The Labute approximate surface area is 189 Å². The maximum Gasteiger partial charge on any atom is 0.352 e. The van der Waals surface area contributed by atoms with E-state index >= 15 is 0 Å². The maximum absolute atomic E-state index is 12.7. The molecule has 1 fully saturated rings. The number of carbonyl (C=O) groups is 3. The zero-order valence-electron chi connectivity index (χ0n) is 16.2. The van der Waals surface area contributed by atoms with Crippen molar-refractivity contribution in [2.75, 3.05) is 11.5 Å². The molecular weight excluding hydrogens is 460 g/mol. The molecule has 2 amide bonds. The number of aliphatic hydroxyl groups is 1. The number of rotatable bonds is 7. The highest BCUT2D eigenvalue weighted by Crippen LogP contribution is 2.42. The Morgan fingerprint density at radius 1 is 1.32 bits per heavy atom. The summed E-state index contributed by atoms with van der Waals surface area (Å²) in [4.78, 5) is 38.3. The molecule has 0 bridgehead atoms. The highest BCUT2D eigenvalue weighted by Gasteiger charge is 2.54. The zero-order valence-corrected chi connectivity index (χ0v) is 18.7. The lowest BCUT2D eigenvalue weighted by Gasteiger charge is -2.49. The van der Waals surface area contributed by atoms with E-state index in [0.717, 1.165) is 9.35 Å². The molecule has 2 unspecified atom stereocenters. The van der Waals surface area contributed by atoms with Crippen LogP contribution in [0, 0.1) is 6.92 Å². The van der Waals surface area contributed by atoms with Crippen molar-refractivity contribution in [1.82, 2.24) is 20.4 Å². The summed E-state index contributed by atoms with van der Waals surface area (Å²) in [6, 6.07) is 7.51. The average molecular weight is 479 g/mol. The van der Waals surface area contributed by atoms with Gasteiger partial charge >= 0.3 is 5.97 Å². The maximum atomic E-state index is 12.7. The second-order valence-corrected chi connectivity index (χ2v) is 10.4. The van der Waals surface area contributed by atoms with Crippen LogP contribution < -0.4 is 5.32 Å². The highest BCUT2D eigenvalue weighted by molar-refractivity contribution is 8.01. The van der Waals surface area contributed by atoms with Crippen molar-refractivity contribution in [1.29, 1.82) is 0 Å². The standard InChI is InChI=1S/C19H18N4O5S3/c1-9-21-22-19(31-9)30-8-11-7-29-17-12(16(26)23(17)13(11)18(27)28)20-15(25)14(24)10-5-3-2-4-6-10/h2-6,12,14,17,24H,7-8H2,1H3,(H,20,25)(H,27,28)/t12?,14?,17-/m1/s1. The number of hydrogen-bond acceptors (Lipinski definition) is 9. The van der Waals surface area contributed by atoms with Crippen LogP contribution in [0.3, 0.4) is 0 Å². The Morgan fingerprint density at radius 3 is 2.71 bits per heavy atom. The number of nitrogens with zero attached hydrogens (tertiary/aromatic N) is 3. The summed E-state index contributed by atoms with van der Waals surface area (Å²) >= 11 is 4.19. The van der Waals surface area contributed by atoms with E-state index < -0.39 is 35.3 Å². The van der Waals surface area contributed by atoms with Gasteiger partial charge in [0.25, 0.3) is 11.8 Å². The number of carboxylic acids is 1. The number of nitrogens with one attached hydrogen (secondary N) is 1. The summed E-state index contributed by atoms with van der Waals surface area (Å²) in [5, 5.41) is 30.8. The fourth-order valence-electron chi connectivity index (χ4n) is 3.30. The second-order valence-electron chi connectivity index (χ2n) is 6.84. The molecule has 0 saturated carbocycles. The molecule has 12 heteroatoms. The van der Waals surface area contributed by atoms with Crippen LogP contribution in [0.5, 0.6) is 0 Å². The molecule has 0 spiro atoms. The van der Waals surface area contributed by atoms with Gasteiger partial charge in [-0.05, 0) is 18.1 Å². The fraction of sp³-hybridized carbons (Fsp3) is 0.316. The first-order valence-electron chi connectivity index (χ1n) is 9.23. The molecule has 162 valence electrons. The van der Waals surface area contributed by atoms with Crippen LogP contribution in [-0.2, 0) is 14.4 Å². The van der Waals surface area contributed by atoms with Gasteiger partial charge in [0.15, 0.2) is 10.4 Å². The largest absolute Gasteiger partial charge is 0.477 e. The van der Waals surface area contributed by atoms with E-state index in [1.54, 1.807) is 30.3 Å². The van der Waals surface area contributed by atoms with Gasteiger partial charge in [0, 0.05) is 11.5 Å². The molecule has 3 heterocycles. The third kappa shape index (κ3) is 4.33. The van der Waals surface area contributed by atoms with Crippen molar-refractivity contribution in [3.63, 3.8) is 0 Å². The van der Waals surface area contributed by atoms with Crippen molar-refractivity contribution < 1.29 is 24.6 Å². The van der Waals surface area contributed by atoms with Gasteiger partial charge in [-0.15, -0.1) is 22.0 Å². The van der Waals surface area contributed by atoms with E-state index in [2.05, 4.69) is 15.5 Å². The lowest BCUT2D eigenvalue weighted by Crippen LogP contribution is -2.70. The minimum Gasteiger partial charge on any atom is -0.477 e.